The van der Waals surface area contributed by atoms with Crippen LogP contribution in [0.15, 0.2) is 0 Å². The van der Waals surface area contributed by atoms with Gasteiger partial charge in [0.25, 0.3) is 0 Å². The first kappa shape index (κ1) is 82.5. The number of nitrogens with zero attached hydrogens (tertiary/aromatic N) is 7. The number of likely N-dealkylation sites (tertiary alicyclic amines) is 2. The highest BCUT2D eigenvalue weighted by atomic mass is 16.5. The summed E-state index contributed by atoms with van der Waals surface area (Å²) in [6.07, 6.45) is 10.6. The fourth-order valence-corrected chi connectivity index (χ4v) is 12.7. The Morgan fingerprint density at radius 2 is 0.831 bits per heavy atom. The second kappa shape index (κ2) is 37.0. The molecule has 7 saturated heterocycles. The molecule has 500 valence electrons. The van der Waals surface area contributed by atoms with Crippen molar-refractivity contribution in [3.63, 3.8) is 0 Å². The molecule has 13 heteroatoms. The van der Waals surface area contributed by atoms with Gasteiger partial charge in [-0.3, -0.25) is 29.4 Å². The van der Waals surface area contributed by atoms with Gasteiger partial charge in [-0.15, -0.1) is 0 Å². The average molecular weight is 1190 g/mol. The second-order valence-corrected chi connectivity index (χ2v) is 33.0. The lowest BCUT2D eigenvalue weighted by atomic mass is 9.88. The minimum Gasteiger partial charge on any atom is -0.383 e. The number of hydrogen-bond donors (Lipinski definition) is 0. The van der Waals surface area contributed by atoms with Crippen LogP contribution in [0.3, 0.4) is 0 Å². The summed E-state index contributed by atoms with van der Waals surface area (Å²) in [6, 6.07) is 2.29. The molecule has 7 fully saturated rings. The summed E-state index contributed by atoms with van der Waals surface area (Å²) in [7, 11) is 3.96. The van der Waals surface area contributed by atoms with Crippen molar-refractivity contribution in [2.75, 3.05) is 113 Å². The Morgan fingerprint density at radius 1 is 0.410 bits per heavy atom. The summed E-state index contributed by atoms with van der Waals surface area (Å²) in [5.41, 5.74) is 2.09. The quantitative estimate of drug-likeness (QED) is 0.264. The summed E-state index contributed by atoms with van der Waals surface area (Å²) >= 11 is 0. The first-order chi connectivity index (χ1) is 37.3. The van der Waals surface area contributed by atoms with Gasteiger partial charge in [0.05, 0.1) is 69.7 Å². The zero-order valence-corrected chi connectivity index (χ0v) is 60.7. The van der Waals surface area contributed by atoms with Crippen molar-refractivity contribution in [3.8, 4) is 0 Å². The number of likely N-dealkylation sites (N-methyl/N-ethyl adjacent to an activating group) is 1. The zero-order valence-electron chi connectivity index (χ0n) is 60.7. The predicted octanol–water partition coefficient (Wildman–Crippen LogP) is 14.1. The Kier molecular flexibility index (Phi) is 36.7. The maximum absolute atomic E-state index is 5.67. The number of rotatable bonds is 2. The van der Waals surface area contributed by atoms with Gasteiger partial charge in [-0.2, -0.15) is 0 Å². The zero-order chi connectivity index (χ0) is 63.4. The fourth-order valence-electron chi connectivity index (χ4n) is 12.7. The maximum atomic E-state index is 5.67. The molecule has 0 saturated carbocycles. The highest BCUT2D eigenvalue weighted by Crippen LogP contribution is 2.28. The summed E-state index contributed by atoms with van der Waals surface area (Å²) < 4.78 is 33.3. The molecule has 0 N–H and O–H groups in total. The Hall–Kier alpha value is -0.520. The van der Waals surface area contributed by atoms with Crippen molar-refractivity contribution < 1.29 is 28.4 Å². The molecular weight excluding hydrogens is 1030 g/mol. The molecule has 0 aromatic rings. The highest BCUT2D eigenvalue weighted by Gasteiger charge is 2.36. The van der Waals surface area contributed by atoms with Crippen LogP contribution in [0, 0.1) is 5.41 Å². The van der Waals surface area contributed by atoms with Gasteiger partial charge in [-0.1, -0.05) is 41.0 Å². The van der Waals surface area contributed by atoms with Crippen LogP contribution in [0.4, 0.5) is 0 Å². The van der Waals surface area contributed by atoms with Gasteiger partial charge in [0, 0.05) is 110 Å². The molecule has 10 atom stereocenters. The average Bonchev–Trinajstić information content (AvgIpc) is 3.31. The van der Waals surface area contributed by atoms with Gasteiger partial charge in [0.15, 0.2) is 0 Å². The molecule has 0 aromatic carbocycles. The van der Waals surface area contributed by atoms with E-state index in [2.05, 4.69) is 242 Å². The van der Waals surface area contributed by atoms with Gasteiger partial charge in [-0.05, 0) is 238 Å². The molecule has 7 aliphatic heterocycles. The van der Waals surface area contributed by atoms with Crippen LogP contribution in [0.25, 0.3) is 0 Å². The number of piperidine rings is 2. The van der Waals surface area contributed by atoms with Crippen molar-refractivity contribution in [3.05, 3.63) is 0 Å². The minimum absolute atomic E-state index is 0. The third-order valence-electron chi connectivity index (χ3n) is 17.0. The maximum Gasteiger partial charge on any atom is 0.0750 e. The molecule has 0 aromatic heterocycles. The molecule has 83 heavy (non-hydrogen) atoms. The number of morpholine rings is 5. The lowest BCUT2D eigenvalue weighted by molar-refractivity contribution is -0.0925. The number of methoxy groups -OCH3 is 1. The summed E-state index contributed by atoms with van der Waals surface area (Å²) in [6.45, 7) is 80.8. The van der Waals surface area contributed by atoms with Crippen molar-refractivity contribution in [1.82, 2.24) is 34.3 Å². The van der Waals surface area contributed by atoms with Crippen molar-refractivity contribution in [2.24, 2.45) is 5.41 Å². The molecule has 0 bridgehead atoms. The van der Waals surface area contributed by atoms with Crippen molar-refractivity contribution in [1.29, 1.82) is 0 Å². The van der Waals surface area contributed by atoms with Crippen LogP contribution in [-0.4, -0.2) is 241 Å². The van der Waals surface area contributed by atoms with Gasteiger partial charge in [0.2, 0.25) is 0 Å². The van der Waals surface area contributed by atoms with Gasteiger partial charge in [0.1, 0.15) is 0 Å². The summed E-state index contributed by atoms with van der Waals surface area (Å²) in [5.74, 6) is 0. The Bertz CT molecular complexity index is 1580. The second-order valence-electron chi connectivity index (χ2n) is 33.0. The molecule has 0 amide bonds. The van der Waals surface area contributed by atoms with E-state index in [0.717, 1.165) is 78.8 Å². The lowest BCUT2D eigenvalue weighted by Crippen LogP contribution is -2.57. The van der Waals surface area contributed by atoms with Crippen LogP contribution in [-0.2, 0) is 28.4 Å². The van der Waals surface area contributed by atoms with E-state index in [4.69, 9.17) is 28.4 Å². The van der Waals surface area contributed by atoms with E-state index >= 15 is 0 Å². The Morgan fingerprint density at radius 3 is 1.14 bits per heavy atom. The largest absolute Gasteiger partial charge is 0.383 e. The van der Waals surface area contributed by atoms with E-state index in [0.29, 0.717) is 71.9 Å². The first-order valence-electron chi connectivity index (χ1n) is 33.1. The van der Waals surface area contributed by atoms with Crippen LogP contribution in [0.5, 0.6) is 0 Å². The van der Waals surface area contributed by atoms with Gasteiger partial charge < -0.3 is 33.3 Å². The molecular formula is C70H149N7O6. The normalized spacial score (nSPS) is 30.3. The Balaban J connectivity index is 0.000000944. The van der Waals surface area contributed by atoms with Crippen LogP contribution < -0.4 is 0 Å². The SMILES string of the molecule is C.CC(C)(C)N1CCCCC1.CC1CN(C(C)(C)C)C(C)CO1.CN1CCOC(C(C)(C)C)C1.COCC1CCCCN1C(C)(C)C.C[C@@H]1CN(C(C)(C)C)C[C@@H](C)O1.C[C@@H]1CN(C(C)(C)C)C[C@H](C)O1.C[C@@H]1COC[C@H](C)N1C(C)(C)C. The van der Waals surface area contributed by atoms with E-state index in [1.54, 1.807) is 7.11 Å². The van der Waals surface area contributed by atoms with E-state index in [-0.39, 0.29) is 35.0 Å². The van der Waals surface area contributed by atoms with Crippen LogP contribution >= 0.6 is 0 Å². The third-order valence-corrected chi connectivity index (χ3v) is 17.0. The van der Waals surface area contributed by atoms with Gasteiger partial charge in [-0.25, -0.2) is 0 Å². The molecule has 13 nitrogen and oxygen atoms in total. The van der Waals surface area contributed by atoms with Crippen LogP contribution in [0.1, 0.15) is 247 Å². The fraction of sp³-hybridized carbons (Fsp3) is 1.00. The first-order valence-corrected chi connectivity index (χ1v) is 33.1. The number of hydrogen-bond acceptors (Lipinski definition) is 13. The molecule has 7 aliphatic rings. The topological polar surface area (TPSA) is 78.1 Å². The van der Waals surface area contributed by atoms with E-state index in [1.807, 2.05) is 0 Å². The molecule has 0 radical (unpaired) electrons. The minimum atomic E-state index is 0. The van der Waals surface area contributed by atoms with E-state index < -0.39 is 0 Å². The third kappa shape index (κ3) is 33.2. The monoisotopic (exact) mass is 1180 g/mol. The summed E-state index contributed by atoms with van der Waals surface area (Å²) in [4.78, 5) is 17.5. The molecule has 7 rings (SSSR count). The van der Waals surface area contributed by atoms with Gasteiger partial charge >= 0.3 is 0 Å². The van der Waals surface area contributed by atoms with E-state index in [1.165, 1.54) is 58.2 Å². The molecule has 4 unspecified atom stereocenters. The smallest absolute Gasteiger partial charge is 0.0750 e. The van der Waals surface area contributed by atoms with E-state index in [9.17, 15) is 0 Å². The lowest BCUT2D eigenvalue weighted by Gasteiger charge is -2.47. The standard InChI is InChI=1S/C11H23NO.4C10H21NO.C9H19NO.C9H19N.CH4/c1-11(2,3)12-8-6-5-7-10(12)9-13-4;1-8-7-12-9(2)6-11(8)10(3,4)5;1-8-6-12-7-9(2)11(8)10(3,4)5;2*1-8-6-11(10(3,4)5)7-9(2)12-8;1-9(2,3)8-7-10(4)5-6-11-8;1-9(2,3)10-7-5-4-6-8-10;/h10H,5-9H2,1-4H3;4*8-9H,6-7H2,1-5H3;8H,5-7H2,1-4H3;4-8H2,1-3H3;1H4/t;;2*8-,9+;8-,9-;;;/m....1.../s1. The molecule has 0 spiro atoms. The van der Waals surface area contributed by atoms with Crippen LogP contribution in [0.2, 0.25) is 0 Å². The number of ether oxygens (including phenoxy) is 6. The Labute approximate surface area is 519 Å². The predicted molar refractivity (Wildman–Crippen MR) is 360 cm³/mol. The van der Waals surface area contributed by atoms with Crippen molar-refractivity contribution >= 4 is 0 Å². The highest BCUT2D eigenvalue weighted by molar-refractivity contribution is 4.90. The van der Waals surface area contributed by atoms with Crippen molar-refractivity contribution in [2.45, 2.75) is 341 Å². The molecule has 0 aliphatic carbocycles. The molecule has 7 heterocycles. The summed E-state index contributed by atoms with van der Waals surface area (Å²) in [5, 5.41) is 0.